The molecule has 24 heavy (non-hydrogen) atoms. The number of anilines is 1. The van der Waals surface area contributed by atoms with Crippen molar-refractivity contribution in [3.63, 3.8) is 0 Å². The predicted octanol–water partition coefficient (Wildman–Crippen LogP) is 5.22. The van der Waals surface area contributed by atoms with E-state index in [0.717, 1.165) is 15.7 Å². The van der Waals surface area contributed by atoms with Gasteiger partial charge in [0.1, 0.15) is 0 Å². The van der Waals surface area contributed by atoms with Crippen molar-refractivity contribution in [2.24, 2.45) is 0 Å². The number of carbonyl (C=O) groups excluding carboxylic acids is 1. The number of rotatable bonds is 5. The van der Waals surface area contributed by atoms with Gasteiger partial charge in [-0.1, -0.05) is 58.0 Å². The summed E-state index contributed by atoms with van der Waals surface area (Å²) in [5.41, 5.74) is 1.71. The van der Waals surface area contributed by atoms with Crippen LogP contribution in [0.3, 0.4) is 0 Å². The number of oxazole rings is 1. The molecule has 0 aliphatic heterocycles. The number of hydrogen-bond donors (Lipinski definition) is 1. The maximum absolute atomic E-state index is 12.2. The summed E-state index contributed by atoms with van der Waals surface area (Å²) in [7, 11) is 0. The van der Waals surface area contributed by atoms with Crippen LogP contribution in [0.15, 0.2) is 74.9 Å². The number of nitrogens with one attached hydrogen (secondary N) is 1. The van der Waals surface area contributed by atoms with Gasteiger partial charge in [-0.15, -0.1) is 0 Å². The van der Waals surface area contributed by atoms with Gasteiger partial charge in [0.05, 0.1) is 11.4 Å². The Morgan fingerprint density at radius 2 is 2.00 bits per heavy atom. The van der Waals surface area contributed by atoms with Gasteiger partial charge in [0.15, 0.2) is 5.76 Å². The van der Waals surface area contributed by atoms with E-state index in [1.807, 2.05) is 61.5 Å². The van der Waals surface area contributed by atoms with Crippen LogP contribution in [0.4, 0.5) is 5.69 Å². The summed E-state index contributed by atoms with van der Waals surface area (Å²) in [6, 6.07) is 17.2. The van der Waals surface area contributed by atoms with Crippen LogP contribution < -0.4 is 5.32 Å². The minimum atomic E-state index is -0.320. The predicted molar refractivity (Wildman–Crippen MR) is 100 cm³/mol. The Labute approximate surface area is 152 Å². The minimum absolute atomic E-state index is 0.0894. The van der Waals surface area contributed by atoms with Gasteiger partial charge in [-0.05, 0) is 31.2 Å². The van der Waals surface area contributed by atoms with Gasteiger partial charge in [-0.2, -0.15) is 0 Å². The zero-order chi connectivity index (χ0) is 16.9. The van der Waals surface area contributed by atoms with Crippen LogP contribution in [0.5, 0.6) is 0 Å². The van der Waals surface area contributed by atoms with Crippen LogP contribution in [0.1, 0.15) is 6.92 Å². The molecule has 1 N–H and O–H groups in total. The zero-order valence-electron chi connectivity index (χ0n) is 12.9. The molecule has 4 nitrogen and oxygen atoms in total. The fraction of sp³-hybridized carbons (Fsp3) is 0.111. The molecule has 3 rings (SSSR count). The van der Waals surface area contributed by atoms with Crippen molar-refractivity contribution in [3.8, 4) is 11.3 Å². The first kappa shape index (κ1) is 16.8. The lowest BCUT2D eigenvalue weighted by Crippen LogP contribution is -2.22. The van der Waals surface area contributed by atoms with Crippen molar-refractivity contribution in [3.05, 3.63) is 65.3 Å². The average molecular weight is 403 g/mol. The molecule has 0 saturated carbocycles. The second-order valence-electron chi connectivity index (χ2n) is 5.12. The van der Waals surface area contributed by atoms with E-state index in [1.165, 1.54) is 11.8 Å². The van der Waals surface area contributed by atoms with Crippen LogP contribution in [0.25, 0.3) is 11.3 Å². The maximum Gasteiger partial charge on any atom is 0.256 e. The fourth-order valence-electron chi connectivity index (χ4n) is 2.06. The van der Waals surface area contributed by atoms with E-state index in [1.54, 1.807) is 6.20 Å². The molecule has 3 aromatic rings. The molecule has 1 heterocycles. The molecule has 1 amide bonds. The van der Waals surface area contributed by atoms with E-state index in [2.05, 4.69) is 26.2 Å². The SMILES string of the molecule is C[C@H](Sc1ncc(-c2cccc(Br)c2)o1)C(=O)Nc1ccccc1. The minimum Gasteiger partial charge on any atom is -0.431 e. The summed E-state index contributed by atoms with van der Waals surface area (Å²) in [4.78, 5) is 16.5. The first-order valence-corrected chi connectivity index (χ1v) is 9.03. The fourth-order valence-corrected chi connectivity index (χ4v) is 3.18. The normalized spacial score (nSPS) is 11.9. The summed E-state index contributed by atoms with van der Waals surface area (Å²) >= 11 is 4.73. The van der Waals surface area contributed by atoms with Crippen molar-refractivity contribution in [1.82, 2.24) is 4.98 Å². The zero-order valence-corrected chi connectivity index (χ0v) is 15.3. The summed E-state index contributed by atoms with van der Waals surface area (Å²) in [6.07, 6.45) is 1.67. The number of aromatic nitrogens is 1. The van der Waals surface area contributed by atoms with Crippen molar-refractivity contribution < 1.29 is 9.21 Å². The molecule has 0 fully saturated rings. The largest absolute Gasteiger partial charge is 0.431 e. The number of hydrogen-bond acceptors (Lipinski definition) is 4. The van der Waals surface area contributed by atoms with Crippen LogP contribution >= 0.6 is 27.7 Å². The van der Waals surface area contributed by atoms with E-state index in [4.69, 9.17) is 4.42 Å². The van der Waals surface area contributed by atoms with Gasteiger partial charge in [-0.3, -0.25) is 4.79 Å². The molecule has 0 radical (unpaired) electrons. The van der Waals surface area contributed by atoms with Crippen LogP contribution in [-0.4, -0.2) is 16.1 Å². The van der Waals surface area contributed by atoms with E-state index in [9.17, 15) is 4.79 Å². The number of carbonyl (C=O) groups is 1. The number of thioether (sulfide) groups is 1. The first-order chi connectivity index (χ1) is 11.6. The lowest BCUT2D eigenvalue weighted by Gasteiger charge is -2.09. The summed E-state index contributed by atoms with van der Waals surface area (Å²) < 4.78 is 6.72. The molecule has 0 aliphatic carbocycles. The number of nitrogens with zero attached hydrogens (tertiary/aromatic N) is 1. The van der Waals surface area contributed by atoms with E-state index in [0.29, 0.717) is 11.0 Å². The standard InChI is InChI=1S/C18H15BrN2O2S/c1-12(17(22)21-15-8-3-2-4-9-15)24-18-20-11-16(23-18)13-6-5-7-14(19)10-13/h2-12H,1H3,(H,21,22)/t12-/m0/s1. The van der Waals surface area contributed by atoms with Crippen LogP contribution in [0.2, 0.25) is 0 Å². The Kier molecular flexibility index (Phi) is 5.37. The number of halogens is 1. The summed E-state index contributed by atoms with van der Waals surface area (Å²) in [6.45, 7) is 1.83. The Morgan fingerprint density at radius 1 is 1.21 bits per heavy atom. The van der Waals surface area contributed by atoms with Crippen molar-refractivity contribution >= 4 is 39.3 Å². The molecule has 1 atom stereocenters. The highest BCUT2D eigenvalue weighted by Gasteiger charge is 2.18. The first-order valence-electron chi connectivity index (χ1n) is 7.36. The highest BCUT2D eigenvalue weighted by Crippen LogP contribution is 2.29. The highest BCUT2D eigenvalue weighted by atomic mass is 79.9. The number of benzene rings is 2. The van der Waals surface area contributed by atoms with E-state index in [-0.39, 0.29) is 11.2 Å². The average Bonchev–Trinajstić information content (AvgIpc) is 3.04. The molecular formula is C18H15BrN2O2S. The second-order valence-corrected chi connectivity index (χ2v) is 7.32. The van der Waals surface area contributed by atoms with Crippen LogP contribution in [-0.2, 0) is 4.79 Å². The Balaban J connectivity index is 1.65. The van der Waals surface area contributed by atoms with Gasteiger partial charge in [0.2, 0.25) is 5.91 Å². The maximum atomic E-state index is 12.2. The molecule has 0 aliphatic rings. The van der Waals surface area contributed by atoms with Gasteiger partial charge in [0, 0.05) is 15.7 Å². The third-order valence-electron chi connectivity index (χ3n) is 3.28. The molecular weight excluding hydrogens is 388 g/mol. The molecule has 0 bridgehead atoms. The van der Waals surface area contributed by atoms with Crippen molar-refractivity contribution in [2.45, 2.75) is 17.4 Å². The Bertz CT molecular complexity index is 836. The van der Waals surface area contributed by atoms with Crippen molar-refractivity contribution in [2.75, 3.05) is 5.32 Å². The molecule has 0 saturated heterocycles. The molecule has 6 heteroatoms. The topological polar surface area (TPSA) is 55.1 Å². The lowest BCUT2D eigenvalue weighted by molar-refractivity contribution is -0.115. The van der Waals surface area contributed by atoms with E-state index >= 15 is 0 Å². The van der Waals surface area contributed by atoms with Gasteiger partial charge >= 0.3 is 0 Å². The Morgan fingerprint density at radius 3 is 2.75 bits per heavy atom. The number of amides is 1. The molecule has 1 aromatic heterocycles. The number of para-hydroxylation sites is 1. The van der Waals surface area contributed by atoms with Crippen molar-refractivity contribution in [1.29, 1.82) is 0 Å². The smallest absolute Gasteiger partial charge is 0.256 e. The lowest BCUT2D eigenvalue weighted by atomic mass is 10.2. The Hall–Kier alpha value is -2.05. The second kappa shape index (κ2) is 7.68. The molecule has 2 aromatic carbocycles. The van der Waals surface area contributed by atoms with Gasteiger partial charge in [-0.25, -0.2) is 4.98 Å². The highest BCUT2D eigenvalue weighted by molar-refractivity contribution is 9.10. The van der Waals surface area contributed by atoms with Crippen LogP contribution in [0, 0.1) is 0 Å². The third kappa shape index (κ3) is 4.27. The summed E-state index contributed by atoms with van der Waals surface area (Å²) in [5, 5.41) is 3.03. The quantitative estimate of drug-likeness (QED) is 0.594. The monoisotopic (exact) mass is 402 g/mol. The molecule has 122 valence electrons. The van der Waals surface area contributed by atoms with Gasteiger partial charge in [0.25, 0.3) is 5.22 Å². The molecule has 0 spiro atoms. The third-order valence-corrected chi connectivity index (χ3v) is 4.73. The van der Waals surface area contributed by atoms with E-state index < -0.39 is 0 Å². The molecule has 0 unspecified atom stereocenters. The summed E-state index contributed by atoms with van der Waals surface area (Å²) in [5.74, 6) is 0.586. The van der Waals surface area contributed by atoms with Gasteiger partial charge < -0.3 is 9.73 Å².